The lowest BCUT2D eigenvalue weighted by Crippen LogP contribution is -2.57. The van der Waals surface area contributed by atoms with E-state index >= 15 is 0 Å². The summed E-state index contributed by atoms with van der Waals surface area (Å²) < 4.78 is 115. The Hall–Kier alpha value is -1.19. The first-order valence-electron chi connectivity index (χ1n) is 8.50. The molecule has 0 aromatic carbocycles. The Morgan fingerprint density at radius 2 is 1.44 bits per heavy atom. The highest BCUT2D eigenvalue weighted by Crippen LogP contribution is 2.48. The van der Waals surface area contributed by atoms with Crippen molar-refractivity contribution in [2.45, 2.75) is 69.3 Å². The molecular formula is C17H21F9O. The second-order valence-corrected chi connectivity index (χ2v) is 6.86. The molecule has 1 fully saturated rings. The zero-order valence-electron chi connectivity index (χ0n) is 14.3. The van der Waals surface area contributed by atoms with Crippen molar-refractivity contribution >= 4 is 0 Å². The molecule has 1 unspecified atom stereocenters. The lowest BCUT2D eigenvalue weighted by Gasteiger charge is -2.34. The van der Waals surface area contributed by atoms with Crippen LogP contribution in [0.2, 0.25) is 0 Å². The van der Waals surface area contributed by atoms with Crippen LogP contribution in [0.5, 0.6) is 0 Å². The van der Waals surface area contributed by atoms with Crippen LogP contribution in [0.3, 0.4) is 0 Å². The third kappa shape index (κ3) is 6.73. The number of aliphatic hydroxyl groups is 1. The maximum Gasteiger partial charge on any atom is 0.426 e. The Balaban J connectivity index is 2.98. The minimum atomic E-state index is -6.08. The van der Waals surface area contributed by atoms with E-state index < -0.39 is 55.0 Å². The number of rotatable bonds is 7. The summed E-state index contributed by atoms with van der Waals surface area (Å²) in [5, 5.41) is 9.25. The Morgan fingerprint density at radius 1 is 0.926 bits per heavy atom. The summed E-state index contributed by atoms with van der Waals surface area (Å²) in [5.74, 6) is -3.79. The van der Waals surface area contributed by atoms with Gasteiger partial charge in [0.05, 0.1) is 0 Å². The molecule has 0 bridgehead atoms. The summed E-state index contributed by atoms with van der Waals surface area (Å²) in [6.07, 6.45) is -11.3. The molecule has 1 atom stereocenters. The molecule has 0 radical (unpaired) electrons. The van der Waals surface area contributed by atoms with Crippen LogP contribution < -0.4 is 0 Å². The van der Waals surface area contributed by atoms with Gasteiger partial charge in [-0.25, -0.2) is 4.39 Å². The number of hydrogen-bond acceptors (Lipinski definition) is 1. The van der Waals surface area contributed by atoms with Crippen molar-refractivity contribution < 1.29 is 44.6 Å². The fourth-order valence-corrected chi connectivity index (χ4v) is 3.17. The van der Waals surface area contributed by atoms with Gasteiger partial charge in [-0.15, -0.1) is 0 Å². The molecular weight excluding hydrogens is 391 g/mol. The highest BCUT2D eigenvalue weighted by atomic mass is 19.4. The normalized spacial score (nSPS) is 18.7. The molecule has 0 spiro atoms. The van der Waals surface area contributed by atoms with E-state index in [1.54, 1.807) is 6.08 Å². The molecule has 1 aliphatic carbocycles. The fraction of sp³-hybridized carbons (Fsp3) is 0.765. The molecule has 1 rings (SSSR count). The molecule has 0 saturated heterocycles. The van der Waals surface area contributed by atoms with Gasteiger partial charge in [0.15, 0.2) is 5.83 Å². The minimum absolute atomic E-state index is 0.0989. The largest absolute Gasteiger partial charge is 0.426 e. The van der Waals surface area contributed by atoms with Gasteiger partial charge in [-0.05, 0) is 37.5 Å². The third-order valence-electron chi connectivity index (χ3n) is 4.72. The van der Waals surface area contributed by atoms with Crippen molar-refractivity contribution in [3.05, 3.63) is 24.1 Å². The zero-order valence-corrected chi connectivity index (χ0v) is 14.3. The summed E-state index contributed by atoms with van der Waals surface area (Å²) in [7, 11) is 0. The van der Waals surface area contributed by atoms with E-state index in [1.807, 2.05) is 0 Å². The third-order valence-corrected chi connectivity index (χ3v) is 4.72. The smallest absolute Gasteiger partial charge is 0.374 e. The Bertz CT molecular complexity index is 510. The predicted octanol–water partition coefficient (Wildman–Crippen LogP) is 6.84. The minimum Gasteiger partial charge on any atom is -0.374 e. The monoisotopic (exact) mass is 412 g/mol. The molecule has 158 valence electrons. The van der Waals surface area contributed by atoms with Crippen LogP contribution in [0.1, 0.15) is 51.4 Å². The van der Waals surface area contributed by atoms with Gasteiger partial charge in [0.25, 0.3) is 5.60 Å². The lowest BCUT2D eigenvalue weighted by atomic mass is 9.84. The van der Waals surface area contributed by atoms with Crippen LogP contribution in [0.4, 0.5) is 39.5 Å². The van der Waals surface area contributed by atoms with Crippen molar-refractivity contribution in [3.63, 3.8) is 0 Å². The summed E-state index contributed by atoms with van der Waals surface area (Å²) in [4.78, 5) is 0. The topological polar surface area (TPSA) is 20.2 Å². The predicted molar refractivity (Wildman–Crippen MR) is 80.5 cm³/mol. The summed E-state index contributed by atoms with van der Waals surface area (Å²) in [5.41, 5.74) is -5.10. The maximum absolute atomic E-state index is 13.2. The number of hydrogen-bond donors (Lipinski definition) is 1. The van der Waals surface area contributed by atoms with Crippen molar-refractivity contribution in [3.8, 4) is 0 Å². The second kappa shape index (κ2) is 9.34. The maximum atomic E-state index is 13.2. The van der Waals surface area contributed by atoms with E-state index in [1.165, 1.54) is 6.08 Å². The van der Waals surface area contributed by atoms with Crippen LogP contribution in [0, 0.1) is 11.8 Å². The molecule has 1 aliphatic rings. The van der Waals surface area contributed by atoms with Gasteiger partial charge >= 0.3 is 18.4 Å². The highest BCUT2D eigenvalue weighted by Gasteiger charge is 2.70. The van der Waals surface area contributed by atoms with E-state index in [0.717, 1.165) is 32.1 Å². The van der Waals surface area contributed by atoms with Gasteiger partial charge in [-0.2, -0.15) is 35.1 Å². The highest BCUT2D eigenvalue weighted by molar-refractivity contribution is 5.02. The van der Waals surface area contributed by atoms with E-state index in [-0.39, 0.29) is 5.92 Å². The van der Waals surface area contributed by atoms with Gasteiger partial charge < -0.3 is 5.11 Å². The Morgan fingerprint density at radius 3 is 1.89 bits per heavy atom. The van der Waals surface area contributed by atoms with Gasteiger partial charge in [-0.3, -0.25) is 0 Å². The molecule has 0 heterocycles. The fourth-order valence-electron chi connectivity index (χ4n) is 3.17. The first-order valence-corrected chi connectivity index (χ1v) is 8.50. The van der Waals surface area contributed by atoms with Crippen molar-refractivity contribution in [2.75, 3.05) is 0 Å². The molecule has 0 amide bonds. The molecule has 0 aromatic rings. The number of allylic oxidation sites excluding steroid dienone is 3. The van der Waals surface area contributed by atoms with Crippen LogP contribution in [0.25, 0.3) is 0 Å². The van der Waals surface area contributed by atoms with Crippen LogP contribution >= 0.6 is 0 Å². The summed E-state index contributed by atoms with van der Waals surface area (Å²) >= 11 is 0. The standard InChI is InChI=1S/C17H21F9O/c18-13(14(19)20)9-12(8-4-7-11-5-2-1-3-6-11)10-15(27,16(21,22)23)17(24,25)26/h4,7,11-12,27H,1-3,5-6,8-10H2/b7-4+. The van der Waals surface area contributed by atoms with Gasteiger partial charge in [0.2, 0.25) is 0 Å². The van der Waals surface area contributed by atoms with E-state index in [4.69, 9.17) is 0 Å². The number of alkyl halides is 6. The molecule has 1 saturated carbocycles. The molecule has 10 heteroatoms. The number of halogens is 9. The van der Waals surface area contributed by atoms with Gasteiger partial charge in [0.1, 0.15) is 0 Å². The van der Waals surface area contributed by atoms with Crippen molar-refractivity contribution in [1.82, 2.24) is 0 Å². The average Bonchev–Trinajstić information content (AvgIpc) is 2.53. The SMILES string of the molecule is OC(CC(C/C=C/C1CCCCC1)CC(F)=C(F)F)(C(F)(F)F)C(F)(F)F. The quantitative estimate of drug-likeness (QED) is 0.358. The summed E-state index contributed by atoms with van der Waals surface area (Å²) in [6.45, 7) is 0. The molecule has 1 nitrogen and oxygen atoms in total. The average molecular weight is 412 g/mol. The lowest BCUT2D eigenvalue weighted by molar-refractivity contribution is -0.372. The molecule has 0 aromatic heterocycles. The first-order chi connectivity index (χ1) is 12.3. The Kier molecular flexibility index (Phi) is 8.25. The molecule has 0 aliphatic heterocycles. The first kappa shape index (κ1) is 23.8. The Labute approximate surface area is 150 Å². The van der Waals surface area contributed by atoms with E-state index in [0.29, 0.717) is 0 Å². The van der Waals surface area contributed by atoms with Crippen LogP contribution in [-0.4, -0.2) is 23.1 Å². The van der Waals surface area contributed by atoms with Crippen LogP contribution in [-0.2, 0) is 0 Å². The molecule has 27 heavy (non-hydrogen) atoms. The molecule has 1 N–H and O–H groups in total. The van der Waals surface area contributed by atoms with Gasteiger partial charge in [0, 0.05) is 6.42 Å². The van der Waals surface area contributed by atoms with Crippen molar-refractivity contribution in [2.24, 2.45) is 11.8 Å². The zero-order chi connectivity index (χ0) is 20.9. The van der Waals surface area contributed by atoms with Crippen LogP contribution in [0.15, 0.2) is 24.1 Å². The second-order valence-electron chi connectivity index (χ2n) is 6.86. The summed E-state index contributed by atoms with van der Waals surface area (Å²) in [6, 6.07) is 0. The van der Waals surface area contributed by atoms with Crippen molar-refractivity contribution in [1.29, 1.82) is 0 Å². The van der Waals surface area contributed by atoms with Gasteiger partial charge in [-0.1, -0.05) is 31.4 Å². The van der Waals surface area contributed by atoms with E-state index in [9.17, 15) is 44.6 Å². The van der Waals surface area contributed by atoms with E-state index in [2.05, 4.69) is 0 Å².